The number of rotatable bonds is 8. The summed E-state index contributed by atoms with van der Waals surface area (Å²) in [5.74, 6) is 0.652. The number of allylic oxidation sites excluding steroid dienone is 3. The Morgan fingerprint density at radius 1 is 1.14 bits per heavy atom. The van der Waals surface area contributed by atoms with Gasteiger partial charge in [0.15, 0.2) is 0 Å². The molecule has 1 aromatic carbocycles. The van der Waals surface area contributed by atoms with Gasteiger partial charge in [-0.3, -0.25) is 0 Å². The van der Waals surface area contributed by atoms with E-state index in [1.807, 2.05) is 0 Å². The molecule has 0 aliphatic rings. The van der Waals surface area contributed by atoms with Gasteiger partial charge in [-0.25, -0.2) is 0 Å². The van der Waals surface area contributed by atoms with Crippen LogP contribution in [0.1, 0.15) is 64.0 Å². The van der Waals surface area contributed by atoms with Crippen LogP contribution in [0.25, 0.3) is 5.57 Å². The standard InChI is InChI=1S/C21H30/c1-6-9-21(10-7-2)19(8-3)16-13-18(5)20-14-11-17(4)12-15-20/h11-15,21H,3,6-7,9-10,16H2,1-2,4-5H3/b18-13+. The van der Waals surface area contributed by atoms with Crippen LogP contribution >= 0.6 is 0 Å². The van der Waals surface area contributed by atoms with E-state index in [-0.39, 0.29) is 0 Å². The van der Waals surface area contributed by atoms with Gasteiger partial charge < -0.3 is 0 Å². The van der Waals surface area contributed by atoms with Crippen LogP contribution in [0.3, 0.4) is 0 Å². The zero-order chi connectivity index (χ0) is 15.7. The van der Waals surface area contributed by atoms with Gasteiger partial charge in [-0.2, -0.15) is 0 Å². The average Bonchev–Trinajstić information content (AvgIpc) is 2.48. The van der Waals surface area contributed by atoms with Gasteiger partial charge in [0.1, 0.15) is 0 Å². The first-order valence-electron chi connectivity index (χ1n) is 8.24. The summed E-state index contributed by atoms with van der Waals surface area (Å²) in [6.45, 7) is 12.8. The van der Waals surface area contributed by atoms with E-state index in [9.17, 15) is 0 Å². The minimum absolute atomic E-state index is 0.652. The van der Waals surface area contributed by atoms with Crippen LogP contribution in [0, 0.1) is 12.8 Å². The lowest BCUT2D eigenvalue weighted by atomic mass is 9.88. The summed E-state index contributed by atoms with van der Waals surface area (Å²) in [5, 5.41) is 0. The quantitative estimate of drug-likeness (QED) is 0.464. The molecule has 0 radical (unpaired) electrons. The second kappa shape index (κ2) is 9.42. The molecule has 0 N–H and O–H groups in total. The fourth-order valence-corrected chi connectivity index (χ4v) is 2.77. The van der Waals surface area contributed by atoms with Crippen LogP contribution in [-0.4, -0.2) is 0 Å². The molecule has 0 unspecified atom stereocenters. The maximum Gasteiger partial charge on any atom is -0.00540 e. The highest BCUT2D eigenvalue weighted by Gasteiger charge is 2.11. The van der Waals surface area contributed by atoms with Crippen molar-refractivity contribution in [3.63, 3.8) is 0 Å². The van der Waals surface area contributed by atoms with Crippen molar-refractivity contribution in [2.24, 2.45) is 5.92 Å². The van der Waals surface area contributed by atoms with Crippen LogP contribution < -0.4 is 0 Å². The summed E-state index contributed by atoms with van der Waals surface area (Å²) in [6, 6.07) is 8.75. The third-order valence-electron chi connectivity index (χ3n) is 4.13. The number of hydrogen-bond acceptors (Lipinski definition) is 0. The third-order valence-corrected chi connectivity index (χ3v) is 4.13. The highest BCUT2D eigenvalue weighted by molar-refractivity contribution is 5.64. The van der Waals surface area contributed by atoms with Gasteiger partial charge in [-0.1, -0.05) is 69.2 Å². The van der Waals surface area contributed by atoms with E-state index in [0.717, 1.165) is 6.42 Å². The normalized spacial score (nSPS) is 11.6. The van der Waals surface area contributed by atoms with E-state index in [0.29, 0.717) is 5.92 Å². The SMILES string of the molecule is C=C=C(C/C=C(\C)c1ccc(C)cc1)C(CCC)CCC. The van der Waals surface area contributed by atoms with Gasteiger partial charge in [0.25, 0.3) is 0 Å². The summed E-state index contributed by atoms with van der Waals surface area (Å²) in [6.07, 6.45) is 8.28. The third kappa shape index (κ3) is 5.78. The maximum absolute atomic E-state index is 3.92. The Labute approximate surface area is 131 Å². The van der Waals surface area contributed by atoms with Gasteiger partial charge >= 0.3 is 0 Å². The highest BCUT2D eigenvalue weighted by Crippen LogP contribution is 2.26. The molecule has 0 bridgehead atoms. The van der Waals surface area contributed by atoms with E-state index >= 15 is 0 Å². The molecule has 0 heteroatoms. The molecule has 0 aromatic heterocycles. The van der Waals surface area contributed by atoms with Crippen LogP contribution in [-0.2, 0) is 0 Å². The molecule has 0 nitrogen and oxygen atoms in total. The smallest absolute Gasteiger partial charge is 0.00540 e. The first-order valence-corrected chi connectivity index (χ1v) is 8.24. The van der Waals surface area contributed by atoms with Crippen LogP contribution in [0.2, 0.25) is 0 Å². The minimum atomic E-state index is 0.652. The molecule has 0 spiro atoms. The second-order valence-electron chi connectivity index (χ2n) is 5.93. The summed E-state index contributed by atoms with van der Waals surface area (Å²) in [7, 11) is 0. The molecule has 1 aromatic rings. The maximum atomic E-state index is 3.92. The zero-order valence-corrected chi connectivity index (χ0v) is 14.2. The lowest BCUT2D eigenvalue weighted by Crippen LogP contribution is -2.03. The Morgan fingerprint density at radius 3 is 2.19 bits per heavy atom. The fraction of sp³-hybridized carbons (Fsp3) is 0.476. The van der Waals surface area contributed by atoms with E-state index in [4.69, 9.17) is 0 Å². The Hall–Kier alpha value is -1.52. The lowest BCUT2D eigenvalue weighted by molar-refractivity contribution is 0.498. The van der Waals surface area contributed by atoms with Crippen molar-refractivity contribution in [3.05, 3.63) is 59.4 Å². The zero-order valence-electron chi connectivity index (χ0n) is 14.2. The van der Waals surface area contributed by atoms with Crippen molar-refractivity contribution in [2.45, 2.75) is 59.8 Å². The number of aryl methyl sites for hydroxylation is 1. The van der Waals surface area contributed by atoms with Crippen molar-refractivity contribution in [3.8, 4) is 0 Å². The topological polar surface area (TPSA) is 0 Å². The molecule has 0 aliphatic carbocycles. The summed E-state index contributed by atoms with van der Waals surface area (Å²) >= 11 is 0. The predicted octanol–water partition coefficient (Wildman–Crippen LogP) is 6.72. The largest absolute Gasteiger partial charge is 0.129 e. The van der Waals surface area contributed by atoms with Gasteiger partial charge in [0, 0.05) is 0 Å². The van der Waals surface area contributed by atoms with E-state index < -0.39 is 0 Å². The van der Waals surface area contributed by atoms with Crippen molar-refractivity contribution < 1.29 is 0 Å². The summed E-state index contributed by atoms with van der Waals surface area (Å²) < 4.78 is 0. The molecule has 1 rings (SSSR count). The fourth-order valence-electron chi connectivity index (χ4n) is 2.77. The van der Waals surface area contributed by atoms with Gasteiger partial charge in [-0.15, -0.1) is 5.73 Å². The molecule has 0 fully saturated rings. The Balaban J connectivity index is 2.79. The van der Waals surface area contributed by atoms with Crippen molar-refractivity contribution in [1.29, 1.82) is 0 Å². The second-order valence-corrected chi connectivity index (χ2v) is 5.93. The molecular formula is C21H30. The van der Waals surface area contributed by atoms with E-state index in [2.05, 4.69) is 70.3 Å². The first-order chi connectivity index (χ1) is 10.1. The first kappa shape index (κ1) is 17.5. The number of benzene rings is 1. The van der Waals surface area contributed by atoms with Crippen LogP contribution in [0.4, 0.5) is 0 Å². The van der Waals surface area contributed by atoms with Crippen molar-refractivity contribution in [1.82, 2.24) is 0 Å². The molecule has 0 amide bonds. The molecule has 0 saturated carbocycles. The molecule has 0 atom stereocenters. The summed E-state index contributed by atoms with van der Waals surface area (Å²) in [4.78, 5) is 0. The molecule has 0 heterocycles. The van der Waals surface area contributed by atoms with Crippen LogP contribution in [0.5, 0.6) is 0 Å². The van der Waals surface area contributed by atoms with Crippen molar-refractivity contribution >= 4 is 5.57 Å². The van der Waals surface area contributed by atoms with E-state index in [1.165, 1.54) is 48.0 Å². The molecule has 21 heavy (non-hydrogen) atoms. The van der Waals surface area contributed by atoms with Crippen molar-refractivity contribution in [2.75, 3.05) is 0 Å². The molecule has 0 aliphatic heterocycles. The molecular weight excluding hydrogens is 252 g/mol. The van der Waals surface area contributed by atoms with Gasteiger partial charge in [-0.05, 0) is 55.7 Å². The average molecular weight is 282 g/mol. The van der Waals surface area contributed by atoms with Gasteiger partial charge in [0.05, 0.1) is 0 Å². The Kier molecular flexibility index (Phi) is 7.87. The molecule has 114 valence electrons. The Bertz CT molecular complexity index is 489. The Morgan fingerprint density at radius 2 is 1.71 bits per heavy atom. The lowest BCUT2D eigenvalue weighted by Gasteiger charge is -2.17. The van der Waals surface area contributed by atoms with E-state index in [1.54, 1.807) is 0 Å². The van der Waals surface area contributed by atoms with Gasteiger partial charge in [0.2, 0.25) is 0 Å². The molecule has 0 saturated heterocycles. The summed E-state index contributed by atoms with van der Waals surface area (Å²) in [5.41, 5.74) is 8.55. The minimum Gasteiger partial charge on any atom is -0.129 e. The predicted molar refractivity (Wildman–Crippen MR) is 95.4 cm³/mol. The highest BCUT2D eigenvalue weighted by atomic mass is 14.2. The number of hydrogen-bond donors (Lipinski definition) is 0. The monoisotopic (exact) mass is 282 g/mol. The van der Waals surface area contributed by atoms with Crippen LogP contribution in [0.15, 0.2) is 48.2 Å².